The lowest BCUT2D eigenvalue weighted by Gasteiger charge is -2.25. The van der Waals surface area contributed by atoms with Crippen molar-refractivity contribution >= 4 is 0 Å². The van der Waals surface area contributed by atoms with Gasteiger partial charge in [0.05, 0.1) is 5.69 Å². The number of tetrazole rings is 1. The van der Waals surface area contributed by atoms with Crippen LogP contribution in [0.25, 0.3) is 5.69 Å². The van der Waals surface area contributed by atoms with Crippen LogP contribution in [0, 0.1) is 5.41 Å². The average molecular weight is 285 g/mol. The maximum Gasteiger partial charge on any atom is 0.157 e. The number of para-hydroxylation sites is 1. The Kier molecular flexibility index (Phi) is 3.53. The largest absolute Gasteiger partial charge is 0.312 e. The van der Waals surface area contributed by atoms with Gasteiger partial charge in [0, 0.05) is 18.5 Å². The Labute approximate surface area is 125 Å². The van der Waals surface area contributed by atoms with Gasteiger partial charge in [-0.25, -0.2) is 0 Å². The highest BCUT2D eigenvalue weighted by atomic mass is 15.5. The Morgan fingerprint density at radius 3 is 2.52 bits per heavy atom. The van der Waals surface area contributed by atoms with Crippen molar-refractivity contribution in [1.29, 1.82) is 0 Å². The highest BCUT2D eigenvalue weighted by Crippen LogP contribution is 2.47. The number of aromatic nitrogens is 4. The molecule has 2 aromatic rings. The molecular formula is C16H23N5. The summed E-state index contributed by atoms with van der Waals surface area (Å²) in [5.41, 5.74) is 1.51. The fourth-order valence-electron chi connectivity index (χ4n) is 2.47. The number of hydrogen-bond donors (Lipinski definition) is 1. The first-order valence-electron chi connectivity index (χ1n) is 7.55. The van der Waals surface area contributed by atoms with Crippen LogP contribution >= 0.6 is 0 Å². The van der Waals surface area contributed by atoms with Crippen molar-refractivity contribution in [1.82, 2.24) is 25.5 Å². The Morgan fingerprint density at radius 1 is 1.19 bits per heavy atom. The molecule has 5 heteroatoms. The van der Waals surface area contributed by atoms with Gasteiger partial charge in [0.1, 0.15) is 0 Å². The van der Waals surface area contributed by atoms with Crippen molar-refractivity contribution in [2.75, 3.05) is 6.54 Å². The van der Waals surface area contributed by atoms with E-state index in [1.54, 1.807) is 0 Å². The van der Waals surface area contributed by atoms with Crippen molar-refractivity contribution in [2.45, 2.75) is 45.6 Å². The second-order valence-electron chi connectivity index (χ2n) is 7.12. The first-order valence-corrected chi connectivity index (χ1v) is 7.55. The molecule has 1 fully saturated rings. The third-order valence-electron chi connectivity index (χ3n) is 4.02. The van der Waals surface area contributed by atoms with Crippen molar-refractivity contribution in [3.8, 4) is 5.69 Å². The van der Waals surface area contributed by atoms with E-state index in [1.807, 2.05) is 35.0 Å². The van der Waals surface area contributed by atoms with Gasteiger partial charge in [0.2, 0.25) is 0 Å². The minimum absolute atomic E-state index is 0.154. The van der Waals surface area contributed by atoms with Crippen molar-refractivity contribution in [3.05, 3.63) is 36.2 Å². The molecule has 1 aliphatic carbocycles. The van der Waals surface area contributed by atoms with Gasteiger partial charge in [-0.2, -0.15) is 4.68 Å². The number of rotatable bonds is 5. The van der Waals surface area contributed by atoms with Crippen LogP contribution in [0.2, 0.25) is 0 Å². The van der Waals surface area contributed by atoms with Crippen LogP contribution in [0.4, 0.5) is 0 Å². The van der Waals surface area contributed by atoms with Gasteiger partial charge >= 0.3 is 0 Å². The molecule has 0 saturated heterocycles. The van der Waals surface area contributed by atoms with Crippen LogP contribution in [0.15, 0.2) is 30.3 Å². The third kappa shape index (κ3) is 3.47. The van der Waals surface area contributed by atoms with E-state index in [-0.39, 0.29) is 5.54 Å². The average Bonchev–Trinajstić information content (AvgIpc) is 3.06. The number of nitrogens with zero attached hydrogens (tertiary/aromatic N) is 4. The van der Waals surface area contributed by atoms with Gasteiger partial charge < -0.3 is 5.32 Å². The van der Waals surface area contributed by atoms with Crippen LogP contribution in [0.1, 0.15) is 39.4 Å². The van der Waals surface area contributed by atoms with E-state index >= 15 is 0 Å². The van der Waals surface area contributed by atoms with E-state index in [9.17, 15) is 0 Å². The molecule has 1 saturated carbocycles. The van der Waals surface area contributed by atoms with E-state index in [2.05, 4.69) is 41.6 Å². The van der Waals surface area contributed by atoms with Crippen LogP contribution in [0.3, 0.4) is 0 Å². The Hall–Kier alpha value is -1.75. The molecule has 1 N–H and O–H groups in total. The van der Waals surface area contributed by atoms with E-state index in [0.717, 1.165) is 24.5 Å². The van der Waals surface area contributed by atoms with Crippen LogP contribution in [-0.2, 0) is 6.42 Å². The van der Waals surface area contributed by atoms with Crippen LogP contribution in [-0.4, -0.2) is 32.3 Å². The second-order valence-corrected chi connectivity index (χ2v) is 7.12. The topological polar surface area (TPSA) is 55.6 Å². The van der Waals surface area contributed by atoms with Crippen LogP contribution < -0.4 is 5.32 Å². The normalized spacial score (nSPS) is 16.9. The Morgan fingerprint density at radius 2 is 1.90 bits per heavy atom. The summed E-state index contributed by atoms with van der Waals surface area (Å²) in [6.07, 6.45) is 3.42. The first-order chi connectivity index (χ1) is 9.98. The lowest BCUT2D eigenvalue weighted by atomic mass is 9.99. The SMILES string of the molecule is CC(C)(C)NCC1(Cc2nnnn2-c2ccccc2)CC1. The molecule has 0 spiro atoms. The maximum absolute atomic E-state index is 4.24. The summed E-state index contributed by atoms with van der Waals surface area (Å²) in [6.45, 7) is 7.64. The molecule has 1 aliphatic rings. The van der Waals surface area contributed by atoms with Gasteiger partial charge in [-0.15, -0.1) is 5.10 Å². The predicted octanol–water partition coefficient (Wildman–Crippen LogP) is 2.37. The lowest BCUT2D eigenvalue weighted by Crippen LogP contribution is -2.40. The number of nitrogens with one attached hydrogen (secondary N) is 1. The third-order valence-corrected chi connectivity index (χ3v) is 4.02. The molecule has 0 radical (unpaired) electrons. The van der Waals surface area contributed by atoms with Gasteiger partial charge in [-0.1, -0.05) is 18.2 Å². The quantitative estimate of drug-likeness (QED) is 0.916. The van der Waals surface area contributed by atoms with E-state index < -0.39 is 0 Å². The van der Waals surface area contributed by atoms with Crippen molar-refractivity contribution in [2.24, 2.45) is 5.41 Å². The summed E-state index contributed by atoms with van der Waals surface area (Å²) in [7, 11) is 0. The summed E-state index contributed by atoms with van der Waals surface area (Å²) < 4.78 is 1.86. The molecule has 1 aromatic carbocycles. The highest BCUT2D eigenvalue weighted by Gasteiger charge is 2.44. The minimum atomic E-state index is 0.154. The Balaban J connectivity index is 1.73. The molecule has 0 amide bonds. The zero-order chi connectivity index (χ0) is 14.9. The molecule has 1 aromatic heterocycles. The van der Waals surface area contributed by atoms with Gasteiger partial charge in [-0.05, 0) is 61.6 Å². The van der Waals surface area contributed by atoms with E-state index in [0.29, 0.717) is 5.41 Å². The molecule has 5 nitrogen and oxygen atoms in total. The molecule has 0 bridgehead atoms. The summed E-state index contributed by atoms with van der Waals surface area (Å²) in [5, 5.41) is 15.9. The van der Waals surface area contributed by atoms with Gasteiger partial charge in [0.15, 0.2) is 5.82 Å². The predicted molar refractivity (Wildman–Crippen MR) is 82.3 cm³/mol. The van der Waals surface area contributed by atoms with E-state index in [1.165, 1.54) is 12.8 Å². The van der Waals surface area contributed by atoms with Gasteiger partial charge in [0.25, 0.3) is 0 Å². The summed E-state index contributed by atoms with van der Waals surface area (Å²) in [5.74, 6) is 0.953. The standard InChI is InChI=1S/C16H23N5/c1-15(2,3)17-12-16(9-10-16)11-14-18-19-20-21(14)13-7-5-4-6-8-13/h4-8,17H,9-12H2,1-3H3. The minimum Gasteiger partial charge on any atom is -0.312 e. The molecule has 0 aliphatic heterocycles. The van der Waals surface area contributed by atoms with Crippen molar-refractivity contribution < 1.29 is 0 Å². The fraction of sp³-hybridized carbons (Fsp3) is 0.562. The van der Waals surface area contributed by atoms with E-state index in [4.69, 9.17) is 0 Å². The van der Waals surface area contributed by atoms with Gasteiger partial charge in [-0.3, -0.25) is 0 Å². The molecule has 112 valence electrons. The summed E-state index contributed by atoms with van der Waals surface area (Å²) in [4.78, 5) is 0. The number of benzene rings is 1. The van der Waals surface area contributed by atoms with Crippen molar-refractivity contribution in [3.63, 3.8) is 0 Å². The monoisotopic (exact) mass is 285 g/mol. The number of hydrogen-bond acceptors (Lipinski definition) is 4. The smallest absolute Gasteiger partial charge is 0.157 e. The molecule has 0 unspecified atom stereocenters. The molecule has 21 heavy (non-hydrogen) atoms. The summed E-state index contributed by atoms with van der Waals surface area (Å²) in [6, 6.07) is 10.1. The zero-order valence-electron chi connectivity index (χ0n) is 13.0. The zero-order valence-corrected chi connectivity index (χ0v) is 13.0. The fourth-order valence-corrected chi connectivity index (χ4v) is 2.47. The lowest BCUT2D eigenvalue weighted by molar-refractivity contribution is 0.351. The molecule has 1 heterocycles. The van der Waals surface area contributed by atoms with Crippen LogP contribution in [0.5, 0.6) is 0 Å². The maximum atomic E-state index is 4.24. The molecular weight excluding hydrogens is 262 g/mol. The summed E-state index contributed by atoms with van der Waals surface area (Å²) >= 11 is 0. The molecule has 3 rings (SSSR count). The Bertz CT molecular complexity index is 593. The first kappa shape index (κ1) is 14.2. The highest BCUT2D eigenvalue weighted by molar-refractivity contribution is 5.30. The molecule has 0 atom stereocenters. The second kappa shape index (κ2) is 5.22.